The summed E-state index contributed by atoms with van der Waals surface area (Å²) in [7, 11) is 0. The summed E-state index contributed by atoms with van der Waals surface area (Å²) in [6, 6.07) is 5.46. The highest BCUT2D eigenvalue weighted by Crippen LogP contribution is 2.11. The summed E-state index contributed by atoms with van der Waals surface area (Å²) in [4.78, 5) is 15.4. The largest absolute Gasteiger partial charge is 0.389 e. The molecule has 1 heterocycles. The van der Waals surface area contributed by atoms with Crippen molar-refractivity contribution >= 4 is 23.1 Å². The third-order valence-corrected chi connectivity index (χ3v) is 3.03. The van der Waals surface area contributed by atoms with Crippen molar-refractivity contribution in [3.05, 3.63) is 65.0 Å². The number of halogens is 2. The molecule has 1 aromatic heterocycles. The van der Waals surface area contributed by atoms with Crippen molar-refractivity contribution < 1.29 is 13.6 Å². The molecule has 0 aliphatic rings. The molecule has 108 valence electrons. The third kappa shape index (κ3) is 3.57. The van der Waals surface area contributed by atoms with Gasteiger partial charge in [-0.3, -0.25) is 9.78 Å². The van der Waals surface area contributed by atoms with E-state index in [-0.39, 0.29) is 22.7 Å². The van der Waals surface area contributed by atoms with Crippen LogP contribution in [-0.2, 0) is 6.54 Å². The molecule has 0 spiro atoms. The average molecular weight is 307 g/mol. The van der Waals surface area contributed by atoms with Gasteiger partial charge in [-0.25, -0.2) is 8.78 Å². The Kier molecular flexibility index (Phi) is 4.54. The van der Waals surface area contributed by atoms with E-state index in [2.05, 4.69) is 10.3 Å². The lowest BCUT2D eigenvalue weighted by Gasteiger charge is -2.08. The standard InChI is InChI=1S/C14H11F2N3OS/c15-11-5-8(13(17)21)1-2-9(11)6-19-14(20)10-3-4-18-7-12(10)16/h1-5,7H,6H2,(H2,17,21)(H,19,20). The van der Waals surface area contributed by atoms with E-state index in [4.69, 9.17) is 18.0 Å². The van der Waals surface area contributed by atoms with Crippen LogP contribution in [0.4, 0.5) is 8.78 Å². The van der Waals surface area contributed by atoms with Gasteiger partial charge in [0.05, 0.1) is 11.8 Å². The van der Waals surface area contributed by atoms with Crippen molar-refractivity contribution in [2.24, 2.45) is 5.73 Å². The van der Waals surface area contributed by atoms with Crippen LogP contribution in [0.2, 0.25) is 0 Å². The number of pyridine rings is 1. The Morgan fingerprint density at radius 1 is 1.29 bits per heavy atom. The first-order valence-electron chi connectivity index (χ1n) is 5.95. The number of rotatable bonds is 4. The van der Waals surface area contributed by atoms with Crippen LogP contribution < -0.4 is 11.1 Å². The number of hydrogen-bond donors (Lipinski definition) is 2. The summed E-state index contributed by atoms with van der Waals surface area (Å²) >= 11 is 4.74. The minimum absolute atomic E-state index is 0.0793. The summed E-state index contributed by atoms with van der Waals surface area (Å²) in [6.45, 7) is -0.0793. The number of benzene rings is 1. The average Bonchev–Trinajstić information content (AvgIpc) is 2.46. The minimum atomic E-state index is -0.737. The molecule has 21 heavy (non-hydrogen) atoms. The van der Waals surface area contributed by atoms with Crippen LogP contribution in [0.15, 0.2) is 36.7 Å². The Morgan fingerprint density at radius 2 is 2.05 bits per heavy atom. The third-order valence-electron chi connectivity index (χ3n) is 2.79. The maximum Gasteiger partial charge on any atom is 0.254 e. The molecule has 0 bridgehead atoms. The van der Waals surface area contributed by atoms with Crippen LogP contribution in [-0.4, -0.2) is 15.9 Å². The van der Waals surface area contributed by atoms with E-state index in [1.54, 1.807) is 6.07 Å². The Labute approximate surface area is 125 Å². The summed E-state index contributed by atoms with van der Waals surface area (Å²) in [6.07, 6.45) is 2.24. The van der Waals surface area contributed by atoms with E-state index in [1.165, 1.54) is 24.4 Å². The first-order valence-corrected chi connectivity index (χ1v) is 6.36. The predicted octanol–water partition coefficient (Wildman–Crippen LogP) is 1.92. The molecule has 4 nitrogen and oxygen atoms in total. The highest BCUT2D eigenvalue weighted by Gasteiger charge is 2.12. The summed E-state index contributed by atoms with van der Waals surface area (Å²) in [5.41, 5.74) is 5.90. The molecule has 1 amide bonds. The smallest absolute Gasteiger partial charge is 0.254 e. The van der Waals surface area contributed by atoms with Gasteiger partial charge in [-0.1, -0.05) is 24.4 Å². The van der Waals surface area contributed by atoms with E-state index in [9.17, 15) is 13.6 Å². The topological polar surface area (TPSA) is 68.0 Å². The number of amides is 1. The second-order valence-electron chi connectivity index (χ2n) is 4.21. The predicted molar refractivity (Wildman–Crippen MR) is 77.7 cm³/mol. The molecule has 0 aliphatic carbocycles. The van der Waals surface area contributed by atoms with Gasteiger partial charge in [-0.05, 0) is 12.1 Å². The zero-order chi connectivity index (χ0) is 15.4. The first kappa shape index (κ1) is 15.0. The molecule has 0 saturated heterocycles. The lowest BCUT2D eigenvalue weighted by atomic mass is 10.1. The van der Waals surface area contributed by atoms with Crippen LogP contribution in [0.3, 0.4) is 0 Å². The first-order chi connectivity index (χ1) is 9.99. The van der Waals surface area contributed by atoms with Crippen LogP contribution in [0.25, 0.3) is 0 Å². The quantitative estimate of drug-likeness (QED) is 0.847. The van der Waals surface area contributed by atoms with Gasteiger partial charge in [-0.15, -0.1) is 0 Å². The van der Waals surface area contributed by atoms with Gasteiger partial charge >= 0.3 is 0 Å². The summed E-state index contributed by atoms with van der Waals surface area (Å²) < 4.78 is 27.2. The van der Waals surface area contributed by atoms with Crippen molar-refractivity contribution in [1.29, 1.82) is 0 Å². The van der Waals surface area contributed by atoms with Crippen molar-refractivity contribution in [2.75, 3.05) is 0 Å². The Morgan fingerprint density at radius 3 is 2.67 bits per heavy atom. The molecule has 1 aromatic carbocycles. The van der Waals surface area contributed by atoms with Gasteiger partial charge in [-0.2, -0.15) is 0 Å². The molecule has 0 unspecified atom stereocenters. The lowest BCUT2D eigenvalue weighted by Crippen LogP contribution is -2.24. The number of thiocarbonyl (C=S) groups is 1. The van der Waals surface area contributed by atoms with Crippen molar-refractivity contribution in [3.63, 3.8) is 0 Å². The van der Waals surface area contributed by atoms with E-state index in [0.717, 1.165) is 6.20 Å². The van der Waals surface area contributed by atoms with Gasteiger partial charge in [0.25, 0.3) is 5.91 Å². The molecule has 2 rings (SSSR count). The van der Waals surface area contributed by atoms with Crippen molar-refractivity contribution in [1.82, 2.24) is 10.3 Å². The second-order valence-corrected chi connectivity index (χ2v) is 4.65. The maximum absolute atomic E-state index is 13.8. The van der Waals surface area contributed by atoms with Crippen LogP contribution in [0.5, 0.6) is 0 Å². The zero-order valence-electron chi connectivity index (χ0n) is 10.8. The van der Waals surface area contributed by atoms with Crippen LogP contribution >= 0.6 is 12.2 Å². The van der Waals surface area contributed by atoms with Crippen molar-refractivity contribution in [3.8, 4) is 0 Å². The highest BCUT2D eigenvalue weighted by atomic mass is 32.1. The molecule has 2 aromatic rings. The van der Waals surface area contributed by atoms with Gasteiger partial charge < -0.3 is 11.1 Å². The number of carbonyl (C=O) groups is 1. The van der Waals surface area contributed by atoms with E-state index >= 15 is 0 Å². The zero-order valence-corrected chi connectivity index (χ0v) is 11.6. The Balaban J connectivity index is 2.08. The number of hydrogen-bond acceptors (Lipinski definition) is 3. The fraction of sp³-hybridized carbons (Fsp3) is 0.0714. The Bertz CT molecular complexity index is 706. The molecular formula is C14H11F2N3OS. The van der Waals surface area contributed by atoms with Gasteiger partial charge in [0.1, 0.15) is 10.8 Å². The van der Waals surface area contributed by atoms with Crippen molar-refractivity contribution in [2.45, 2.75) is 6.54 Å². The van der Waals surface area contributed by atoms with Crippen LogP contribution in [0.1, 0.15) is 21.5 Å². The fourth-order valence-corrected chi connectivity index (χ4v) is 1.80. The van der Waals surface area contributed by atoms with Gasteiger partial charge in [0.15, 0.2) is 5.82 Å². The Hall–Kier alpha value is -2.41. The minimum Gasteiger partial charge on any atom is -0.389 e. The molecule has 0 atom stereocenters. The molecule has 7 heteroatoms. The molecular weight excluding hydrogens is 296 g/mol. The molecule has 0 fully saturated rings. The highest BCUT2D eigenvalue weighted by molar-refractivity contribution is 7.80. The summed E-state index contributed by atoms with van der Waals surface area (Å²) in [5, 5.41) is 2.43. The fourth-order valence-electron chi connectivity index (χ4n) is 1.67. The number of nitrogens with two attached hydrogens (primary N) is 1. The molecule has 0 aliphatic heterocycles. The molecule has 0 saturated carbocycles. The van der Waals surface area contributed by atoms with Gasteiger partial charge in [0.2, 0.25) is 0 Å². The molecule has 3 N–H and O–H groups in total. The SMILES string of the molecule is NC(=S)c1ccc(CNC(=O)c2ccncc2F)c(F)c1. The maximum atomic E-state index is 13.8. The lowest BCUT2D eigenvalue weighted by molar-refractivity contribution is 0.0946. The summed E-state index contributed by atoms with van der Waals surface area (Å²) in [5.74, 6) is -1.93. The number of aromatic nitrogens is 1. The van der Waals surface area contributed by atoms with E-state index < -0.39 is 17.5 Å². The number of carbonyl (C=O) groups excluding carboxylic acids is 1. The molecule has 0 radical (unpaired) electrons. The number of nitrogens with one attached hydrogen (secondary N) is 1. The number of nitrogens with zero attached hydrogens (tertiary/aromatic N) is 1. The van der Waals surface area contributed by atoms with Crippen LogP contribution in [0, 0.1) is 11.6 Å². The monoisotopic (exact) mass is 307 g/mol. The normalized spacial score (nSPS) is 10.2. The van der Waals surface area contributed by atoms with E-state index in [0.29, 0.717) is 5.56 Å². The second kappa shape index (κ2) is 6.36. The van der Waals surface area contributed by atoms with Gasteiger partial charge in [0, 0.05) is 23.9 Å². The van der Waals surface area contributed by atoms with E-state index in [1.807, 2.05) is 0 Å².